The van der Waals surface area contributed by atoms with Gasteiger partial charge >= 0.3 is 0 Å². The first-order valence-electron chi connectivity index (χ1n) is 7.33. The number of halogens is 1. The van der Waals surface area contributed by atoms with E-state index in [9.17, 15) is 9.59 Å². The molecule has 2 amide bonds. The number of likely N-dealkylation sites (tertiary alicyclic amines) is 1. The Morgan fingerprint density at radius 2 is 1.86 bits per heavy atom. The number of rotatable bonds is 3. The van der Waals surface area contributed by atoms with Crippen molar-refractivity contribution in [1.29, 1.82) is 0 Å². The minimum atomic E-state index is -0.144. The Morgan fingerprint density at radius 3 is 2.43 bits per heavy atom. The first-order valence-corrected chi connectivity index (χ1v) is 7.71. The molecule has 1 aliphatic heterocycles. The number of hydrogen-bond acceptors (Lipinski definition) is 2. The van der Waals surface area contributed by atoms with E-state index in [0.29, 0.717) is 23.7 Å². The van der Waals surface area contributed by atoms with Crippen LogP contribution in [0.3, 0.4) is 0 Å². The Balaban J connectivity index is 1.88. The Bertz CT molecular complexity index is 523. The molecule has 5 heteroatoms. The molecule has 1 saturated heterocycles. The number of benzene rings is 1. The van der Waals surface area contributed by atoms with Crippen molar-refractivity contribution >= 4 is 23.4 Å². The van der Waals surface area contributed by atoms with E-state index in [-0.39, 0.29) is 23.8 Å². The monoisotopic (exact) mass is 308 g/mol. The van der Waals surface area contributed by atoms with E-state index in [1.807, 2.05) is 18.7 Å². The Kier molecular flexibility index (Phi) is 5.23. The average Bonchev–Trinajstić information content (AvgIpc) is 2.47. The summed E-state index contributed by atoms with van der Waals surface area (Å²) in [6, 6.07) is 7.12. The van der Waals surface area contributed by atoms with Crippen LogP contribution in [-0.2, 0) is 4.79 Å². The molecule has 114 valence electrons. The maximum Gasteiger partial charge on any atom is 0.253 e. The number of hydrogen-bond donors (Lipinski definition) is 1. The van der Waals surface area contributed by atoms with Crippen molar-refractivity contribution in [1.82, 2.24) is 10.2 Å². The molecule has 1 fully saturated rings. The molecule has 0 spiro atoms. The lowest BCUT2D eigenvalue weighted by atomic mass is 10.0. The first-order chi connectivity index (χ1) is 9.99. The second kappa shape index (κ2) is 6.94. The smallest absolute Gasteiger partial charge is 0.253 e. The van der Waals surface area contributed by atoms with Crippen molar-refractivity contribution in [3.63, 3.8) is 0 Å². The van der Waals surface area contributed by atoms with E-state index < -0.39 is 0 Å². The highest BCUT2D eigenvalue weighted by Gasteiger charge is 2.25. The van der Waals surface area contributed by atoms with E-state index >= 15 is 0 Å². The molecule has 0 radical (unpaired) electrons. The summed E-state index contributed by atoms with van der Waals surface area (Å²) in [6.45, 7) is 5.22. The van der Waals surface area contributed by atoms with E-state index in [4.69, 9.17) is 11.6 Å². The highest BCUT2D eigenvalue weighted by molar-refractivity contribution is 6.33. The summed E-state index contributed by atoms with van der Waals surface area (Å²) >= 11 is 6.02. The lowest BCUT2D eigenvalue weighted by Gasteiger charge is -2.33. The average molecular weight is 309 g/mol. The minimum Gasteiger partial charge on any atom is -0.349 e. The van der Waals surface area contributed by atoms with Crippen LogP contribution in [0.1, 0.15) is 37.0 Å². The standard InChI is InChI=1S/C16H21ClN2O2/c1-11(2)16(21)19-9-7-12(8-10-19)18-15(20)13-5-3-4-6-14(13)17/h3-6,11-12H,7-10H2,1-2H3,(H,18,20). The zero-order valence-corrected chi connectivity index (χ0v) is 13.2. The molecule has 0 bridgehead atoms. The molecule has 1 heterocycles. The van der Waals surface area contributed by atoms with E-state index in [2.05, 4.69) is 5.32 Å². The summed E-state index contributed by atoms with van der Waals surface area (Å²) in [4.78, 5) is 26.0. The maximum absolute atomic E-state index is 12.2. The fourth-order valence-corrected chi connectivity index (χ4v) is 2.74. The zero-order valence-electron chi connectivity index (χ0n) is 12.4. The second-order valence-corrected chi connectivity index (χ2v) is 6.11. The van der Waals surface area contributed by atoms with Gasteiger partial charge in [-0.2, -0.15) is 0 Å². The minimum absolute atomic E-state index is 0.0271. The number of carbonyl (C=O) groups excluding carboxylic acids is 2. The topological polar surface area (TPSA) is 49.4 Å². The van der Waals surface area contributed by atoms with Crippen LogP contribution >= 0.6 is 11.6 Å². The van der Waals surface area contributed by atoms with Gasteiger partial charge in [-0.1, -0.05) is 37.6 Å². The Morgan fingerprint density at radius 1 is 1.24 bits per heavy atom. The molecule has 2 rings (SSSR count). The second-order valence-electron chi connectivity index (χ2n) is 5.71. The van der Waals surface area contributed by atoms with Gasteiger partial charge in [-0.3, -0.25) is 9.59 Å². The van der Waals surface area contributed by atoms with Crippen LogP contribution in [0, 0.1) is 5.92 Å². The third-order valence-corrected chi connectivity index (χ3v) is 4.08. The predicted molar refractivity (Wildman–Crippen MR) is 83.4 cm³/mol. The summed E-state index contributed by atoms with van der Waals surface area (Å²) in [5.74, 6) is 0.0689. The van der Waals surface area contributed by atoms with Crippen LogP contribution < -0.4 is 5.32 Å². The molecule has 0 unspecified atom stereocenters. The summed E-state index contributed by atoms with van der Waals surface area (Å²) in [5.41, 5.74) is 0.500. The molecule has 1 N–H and O–H groups in total. The third kappa shape index (κ3) is 3.97. The van der Waals surface area contributed by atoms with Crippen molar-refractivity contribution in [3.05, 3.63) is 34.9 Å². The summed E-state index contributed by atoms with van der Waals surface area (Å²) in [6.07, 6.45) is 1.57. The maximum atomic E-state index is 12.2. The molecule has 4 nitrogen and oxygen atoms in total. The number of amides is 2. The van der Waals surface area contributed by atoms with Gasteiger partial charge in [0.25, 0.3) is 5.91 Å². The van der Waals surface area contributed by atoms with Crippen molar-refractivity contribution < 1.29 is 9.59 Å². The first kappa shape index (κ1) is 15.8. The zero-order chi connectivity index (χ0) is 15.4. The molecule has 1 aromatic rings. The van der Waals surface area contributed by atoms with Gasteiger partial charge in [0.2, 0.25) is 5.91 Å². The van der Waals surface area contributed by atoms with Crippen molar-refractivity contribution in [2.24, 2.45) is 5.92 Å². The molecule has 21 heavy (non-hydrogen) atoms. The van der Waals surface area contributed by atoms with Gasteiger partial charge in [-0.15, -0.1) is 0 Å². The third-order valence-electron chi connectivity index (χ3n) is 3.75. The quantitative estimate of drug-likeness (QED) is 0.933. The van der Waals surface area contributed by atoms with Crippen LogP contribution in [0.25, 0.3) is 0 Å². The van der Waals surface area contributed by atoms with Crippen molar-refractivity contribution in [3.8, 4) is 0 Å². The highest BCUT2D eigenvalue weighted by atomic mass is 35.5. The van der Waals surface area contributed by atoms with Crippen molar-refractivity contribution in [2.45, 2.75) is 32.7 Å². The lowest BCUT2D eigenvalue weighted by molar-refractivity contribution is -0.135. The molecule has 1 aliphatic rings. The van der Waals surface area contributed by atoms with Crippen LogP contribution in [0.15, 0.2) is 24.3 Å². The Hall–Kier alpha value is -1.55. The molecule has 0 saturated carbocycles. The van der Waals surface area contributed by atoms with Gasteiger partial charge in [-0.25, -0.2) is 0 Å². The van der Waals surface area contributed by atoms with Gasteiger partial charge in [0.1, 0.15) is 0 Å². The molecular weight excluding hydrogens is 288 g/mol. The lowest BCUT2D eigenvalue weighted by Crippen LogP contribution is -2.47. The van der Waals surface area contributed by atoms with Crippen molar-refractivity contribution in [2.75, 3.05) is 13.1 Å². The van der Waals surface area contributed by atoms with Gasteiger partial charge in [0.05, 0.1) is 10.6 Å². The Labute approximate surface area is 130 Å². The van der Waals surface area contributed by atoms with Crippen LogP contribution in [0.2, 0.25) is 5.02 Å². The fraction of sp³-hybridized carbons (Fsp3) is 0.500. The summed E-state index contributed by atoms with van der Waals surface area (Å²) < 4.78 is 0. The molecule has 0 atom stereocenters. The van der Waals surface area contributed by atoms with Gasteiger partial charge in [0, 0.05) is 25.0 Å². The summed E-state index contributed by atoms with van der Waals surface area (Å²) in [5, 5.41) is 3.46. The van der Waals surface area contributed by atoms with Gasteiger partial charge in [-0.05, 0) is 25.0 Å². The highest BCUT2D eigenvalue weighted by Crippen LogP contribution is 2.17. The SMILES string of the molecule is CC(C)C(=O)N1CCC(NC(=O)c2ccccc2Cl)CC1. The number of piperidine rings is 1. The predicted octanol–water partition coefficient (Wildman–Crippen LogP) is 2.72. The fourth-order valence-electron chi connectivity index (χ4n) is 2.52. The largest absolute Gasteiger partial charge is 0.349 e. The molecule has 1 aromatic carbocycles. The molecule has 0 aromatic heterocycles. The van der Waals surface area contributed by atoms with E-state index in [0.717, 1.165) is 12.8 Å². The van der Waals surface area contributed by atoms with E-state index in [1.165, 1.54) is 0 Å². The van der Waals surface area contributed by atoms with Crippen LogP contribution in [0.4, 0.5) is 0 Å². The molecular formula is C16H21ClN2O2. The number of carbonyl (C=O) groups is 2. The number of nitrogens with zero attached hydrogens (tertiary/aromatic N) is 1. The normalized spacial score (nSPS) is 16.1. The van der Waals surface area contributed by atoms with E-state index in [1.54, 1.807) is 24.3 Å². The van der Waals surface area contributed by atoms with Crippen LogP contribution in [0.5, 0.6) is 0 Å². The van der Waals surface area contributed by atoms with Gasteiger partial charge in [0.15, 0.2) is 0 Å². The molecule has 0 aliphatic carbocycles. The van der Waals surface area contributed by atoms with Gasteiger partial charge < -0.3 is 10.2 Å². The summed E-state index contributed by atoms with van der Waals surface area (Å²) in [7, 11) is 0. The number of nitrogens with one attached hydrogen (secondary N) is 1. The van der Waals surface area contributed by atoms with Crippen LogP contribution in [-0.4, -0.2) is 35.8 Å².